The van der Waals surface area contributed by atoms with Crippen LogP contribution in [0.25, 0.3) is 16.6 Å². The van der Waals surface area contributed by atoms with Gasteiger partial charge in [0.1, 0.15) is 23.3 Å². The second-order valence-corrected chi connectivity index (χ2v) is 9.08. The summed E-state index contributed by atoms with van der Waals surface area (Å²) in [7, 11) is 1.69. The minimum absolute atomic E-state index is 0.181. The summed E-state index contributed by atoms with van der Waals surface area (Å²) >= 11 is 0. The van der Waals surface area contributed by atoms with Crippen LogP contribution in [0, 0.1) is 0 Å². The van der Waals surface area contributed by atoms with Gasteiger partial charge in [-0.25, -0.2) is 4.99 Å². The van der Waals surface area contributed by atoms with E-state index in [1.54, 1.807) is 7.11 Å². The summed E-state index contributed by atoms with van der Waals surface area (Å²) in [4.78, 5) is 12.3. The maximum Gasteiger partial charge on any atom is 0.162 e. The van der Waals surface area contributed by atoms with E-state index in [0.29, 0.717) is 0 Å². The summed E-state index contributed by atoms with van der Waals surface area (Å²) < 4.78 is 7.73. The number of fused-ring (bicyclic) bond motifs is 6. The number of hydrogen-bond acceptors (Lipinski definition) is 5. The van der Waals surface area contributed by atoms with Gasteiger partial charge in [-0.2, -0.15) is 0 Å². The van der Waals surface area contributed by atoms with E-state index >= 15 is 0 Å². The fraction of sp³-hybridized carbons (Fsp3) is 0.161. The normalized spacial score (nSPS) is 15.1. The molecule has 5 aromatic rings. The molecular formula is C31H29N5O. The van der Waals surface area contributed by atoms with Crippen LogP contribution in [0.5, 0.6) is 5.75 Å². The van der Waals surface area contributed by atoms with Gasteiger partial charge >= 0.3 is 0 Å². The Morgan fingerprint density at radius 2 is 1.62 bits per heavy atom. The summed E-state index contributed by atoms with van der Waals surface area (Å²) in [6, 6.07) is 31.0. The molecule has 4 heterocycles. The van der Waals surface area contributed by atoms with E-state index in [1.165, 1.54) is 6.42 Å². The van der Waals surface area contributed by atoms with Crippen molar-refractivity contribution < 1.29 is 4.74 Å². The maximum atomic E-state index is 5.51. The number of hydrogen-bond donors (Lipinski definition) is 1. The monoisotopic (exact) mass is 487 g/mol. The first kappa shape index (κ1) is 22.9. The highest BCUT2D eigenvalue weighted by Gasteiger charge is 2.41. The molecule has 1 N–H and O–H groups in total. The van der Waals surface area contributed by atoms with Gasteiger partial charge < -0.3 is 15.0 Å². The molecule has 184 valence electrons. The van der Waals surface area contributed by atoms with Crippen molar-refractivity contribution >= 4 is 39.5 Å². The number of anilines is 3. The third-order valence-electron chi connectivity index (χ3n) is 6.51. The van der Waals surface area contributed by atoms with Crippen LogP contribution in [-0.4, -0.2) is 28.5 Å². The predicted molar refractivity (Wildman–Crippen MR) is 152 cm³/mol. The molecule has 3 aromatic carbocycles. The second kappa shape index (κ2) is 9.47. The summed E-state index contributed by atoms with van der Waals surface area (Å²) in [5.41, 5.74) is 7.05. The molecular weight excluding hydrogens is 458 g/mol. The SMILES string of the molecule is CCC.COc1cccc(N2c3cccnc3C3=Nc4c(c5ccccc5n4-c4ccccc4)NC32)c1. The first-order valence-corrected chi connectivity index (χ1v) is 12.7. The molecule has 0 fully saturated rings. The van der Waals surface area contributed by atoms with Gasteiger partial charge in [-0.1, -0.05) is 62.7 Å². The Morgan fingerprint density at radius 3 is 2.43 bits per heavy atom. The van der Waals surface area contributed by atoms with E-state index in [0.717, 1.165) is 56.6 Å². The quantitative estimate of drug-likeness (QED) is 0.287. The molecule has 2 aliphatic heterocycles. The minimum Gasteiger partial charge on any atom is -0.497 e. The average Bonchev–Trinajstić information content (AvgIpc) is 3.45. The maximum absolute atomic E-state index is 5.51. The van der Waals surface area contributed by atoms with Crippen LogP contribution >= 0.6 is 0 Å². The topological polar surface area (TPSA) is 54.7 Å². The van der Waals surface area contributed by atoms with E-state index in [-0.39, 0.29) is 6.17 Å². The minimum atomic E-state index is -0.181. The van der Waals surface area contributed by atoms with Crippen LogP contribution in [0.2, 0.25) is 0 Å². The largest absolute Gasteiger partial charge is 0.497 e. The van der Waals surface area contributed by atoms with E-state index in [1.807, 2.05) is 36.5 Å². The van der Waals surface area contributed by atoms with Gasteiger partial charge in [-0.3, -0.25) is 9.55 Å². The fourth-order valence-electron chi connectivity index (χ4n) is 5.04. The Hall–Kier alpha value is -4.58. The highest BCUT2D eigenvalue weighted by molar-refractivity contribution is 6.20. The molecule has 0 amide bonds. The number of para-hydroxylation sites is 2. The second-order valence-electron chi connectivity index (χ2n) is 9.08. The molecule has 2 aromatic heterocycles. The summed E-state index contributed by atoms with van der Waals surface area (Å²) in [6.07, 6.45) is 2.90. The lowest BCUT2D eigenvalue weighted by atomic mass is 10.1. The zero-order valence-electron chi connectivity index (χ0n) is 21.2. The molecule has 0 saturated heterocycles. The van der Waals surface area contributed by atoms with E-state index in [9.17, 15) is 0 Å². The van der Waals surface area contributed by atoms with Crippen LogP contribution in [0.1, 0.15) is 26.0 Å². The lowest BCUT2D eigenvalue weighted by Gasteiger charge is -2.31. The first-order chi connectivity index (χ1) is 18.2. The van der Waals surface area contributed by atoms with Crippen molar-refractivity contribution in [3.63, 3.8) is 0 Å². The molecule has 6 heteroatoms. The van der Waals surface area contributed by atoms with Crippen LogP contribution in [0.4, 0.5) is 22.9 Å². The Morgan fingerprint density at radius 1 is 0.865 bits per heavy atom. The number of ether oxygens (including phenoxy) is 1. The van der Waals surface area contributed by atoms with Gasteiger partial charge in [0.05, 0.1) is 24.0 Å². The van der Waals surface area contributed by atoms with Gasteiger partial charge in [0.25, 0.3) is 0 Å². The highest BCUT2D eigenvalue weighted by Crippen LogP contribution is 2.47. The zero-order valence-corrected chi connectivity index (χ0v) is 21.2. The Balaban J connectivity index is 0.000000804. The molecule has 7 rings (SSSR count). The molecule has 0 saturated carbocycles. The number of nitrogens with one attached hydrogen (secondary N) is 1. The third kappa shape index (κ3) is 3.73. The third-order valence-corrected chi connectivity index (χ3v) is 6.51. The number of aromatic nitrogens is 2. The van der Waals surface area contributed by atoms with Crippen molar-refractivity contribution in [2.75, 3.05) is 17.3 Å². The average molecular weight is 488 g/mol. The smallest absolute Gasteiger partial charge is 0.162 e. The molecule has 6 nitrogen and oxygen atoms in total. The number of pyridine rings is 1. The van der Waals surface area contributed by atoms with Gasteiger partial charge in [0.15, 0.2) is 5.82 Å². The van der Waals surface area contributed by atoms with E-state index in [4.69, 9.17) is 14.7 Å². The predicted octanol–water partition coefficient (Wildman–Crippen LogP) is 7.47. The van der Waals surface area contributed by atoms with E-state index in [2.05, 4.69) is 89.3 Å². The van der Waals surface area contributed by atoms with Gasteiger partial charge in [0, 0.05) is 29.0 Å². The van der Waals surface area contributed by atoms with E-state index < -0.39 is 0 Å². The van der Waals surface area contributed by atoms with Crippen molar-refractivity contribution in [2.45, 2.75) is 26.4 Å². The molecule has 2 aliphatic rings. The number of aliphatic imine (C=N–C) groups is 1. The Bertz CT molecular complexity index is 1610. The highest BCUT2D eigenvalue weighted by atomic mass is 16.5. The zero-order chi connectivity index (χ0) is 25.4. The molecule has 0 aliphatic carbocycles. The van der Waals surface area contributed by atoms with Crippen LogP contribution in [0.15, 0.2) is 102 Å². The molecule has 0 bridgehead atoms. The van der Waals surface area contributed by atoms with Gasteiger partial charge in [-0.15, -0.1) is 0 Å². The molecule has 1 atom stereocenters. The number of methoxy groups -OCH3 is 1. The fourth-order valence-corrected chi connectivity index (χ4v) is 5.04. The van der Waals surface area contributed by atoms with Crippen molar-refractivity contribution in [1.29, 1.82) is 0 Å². The Labute approximate surface area is 216 Å². The summed E-state index contributed by atoms with van der Waals surface area (Å²) in [6.45, 7) is 4.25. The molecule has 1 unspecified atom stereocenters. The van der Waals surface area contributed by atoms with Crippen molar-refractivity contribution in [3.8, 4) is 11.4 Å². The molecule has 0 radical (unpaired) electrons. The number of rotatable bonds is 3. The van der Waals surface area contributed by atoms with Crippen LogP contribution in [-0.2, 0) is 0 Å². The van der Waals surface area contributed by atoms with Crippen molar-refractivity contribution in [2.24, 2.45) is 4.99 Å². The molecule has 0 spiro atoms. The van der Waals surface area contributed by atoms with Crippen molar-refractivity contribution in [1.82, 2.24) is 9.55 Å². The van der Waals surface area contributed by atoms with Crippen LogP contribution < -0.4 is 15.0 Å². The lowest BCUT2D eigenvalue weighted by molar-refractivity contribution is 0.415. The molecule has 37 heavy (non-hydrogen) atoms. The first-order valence-electron chi connectivity index (χ1n) is 12.7. The number of nitrogens with zero attached hydrogens (tertiary/aromatic N) is 4. The van der Waals surface area contributed by atoms with Gasteiger partial charge in [0.2, 0.25) is 0 Å². The lowest BCUT2D eigenvalue weighted by Crippen LogP contribution is -2.40. The number of benzene rings is 3. The van der Waals surface area contributed by atoms with Gasteiger partial charge in [-0.05, 0) is 42.5 Å². The van der Waals surface area contributed by atoms with Crippen LogP contribution in [0.3, 0.4) is 0 Å². The summed E-state index contributed by atoms with van der Waals surface area (Å²) in [5.74, 6) is 1.70. The summed E-state index contributed by atoms with van der Waals surface area (Å²) in [5, 5.41) is 4.96. The standard InChI is InChI=1S/C28H21N5O.C3H8/c1-34-20-12-7-11-19(17-20)33-23-15-8-16-29-25(23)26-28(33)30-24-21-13-5-6-14-22(21)32(27(24)31-26)18-9-3-2-4-10-18;1-3-2/h2-17,28,30H,1H3;3H2,1-2H3. The van der Waals surface area contributed by atoms with Crippen molar-refractivity contribution in [3.05, 3.63) is 103 Å². The Kier molecular flexibility index (Phi) is 5.85.